The molecule has 0 spiro atoms. The summed E-state index contributed by atoms with van der Waals surface area (Å²) in [5.74, 6) is 0. The highest BCUT2D eigenvalue weighted by Crippen LogP contribution is 2.19. The molecular formula is C14H14N2O2. The summed E-state index contributed by atoms with van der Waals surface area (Å²) in [6.07, 6.45) is 0. The highest BCUT2D eigenvalue weighted by molar-refractivity contribution is 5.45. The molecule has 0 heterocycles. The Hall–Kier alpha value is -2.36. The molecule has 92 valence electrons. The first kappa shape index (κ1) is 12.1. The number of para-hydroxylation sites is 1. The maximum absolute atomic E-state index is 10.7. The van der Waals surface area contributed by atoms with E-state index in [-0.39, 0.29) is 17.5 Å². The van der Waals surface area contributed by atoms with E-state index in [1.54, 1.807) is 0 Å². The molecule has 4 nitrogen and oxygen atoms in total. The van der Waals surface area contributed by atoms with Crippen LogP contribution in [0.5, 0.6) is 0 Å². The fraction of sp³-hybridized carbons (Fsp3) is 0.143. The predicted octanol–water partition coefficient (Wildman–Crippen LogP) is 3.12. The third-order valence-corrected chi connectivity index (χ3v) is 2.65. The van der Waals surface area contributed by atoms with Crippen molar-refractivity contribution >= 4 is 5.69 Å². The van der Waals surface area contributed by atoms with Gasteiger partial charge in [0.1, 0.15) is 6.04 Å². The smallest absolute Gasteiger partial charge is 0.227 e. The van der Waals surface area contributed by atoms with E-state index in [0.717, 1.165) is 11.3 Å². The van der Waals surface area contributed by atoms with Gasteiger partial charge in [-0.25, -0.2) is 0 Å². The first-order valence-electron chi connectivity index (χ1n) is 5.74. The van der Waals surface area contributed by atoms with E-state index in [1.165, 1.54) is 0 Å². The molecule has 0 aliphatic rings. The van der Waals surface area contributed by atoms with Gasteiger partial charge in [-0.1, -0.05) is 48.5 Å². The van der Waals surface area contributed by atoms with Crippen molar-refractivity contribution in [1.29, 1.82) is 0 Å². The summed E-state index contributed by atoms with van der Waals surface area (Å²) >= 11 is 0. The number of benzene rings is 2. The summed E-state index contributed by atoms with van der Waals surface area (Å²) in [5, 5.41) is 13.9. The van der Waals surface area contributed by atoms with E-state index < -0.39 is 0 Å². The number of nitrogens with one attached hydrogen (secondary N) is 1. The average Bonchev–Trinajstić information content (AvgIpc) is 2.40. The van der Waals surface area contributed by atoms with Gasteiger partial charge in [0, 0.05) is 10.6 Å². The number of nitrogens with zero attached hydrogens (tertiary/aromatic N) is 1. The summed E-state index contributed by atoms with van der Waals surface area (Å²) in [6.45, 7) is -0.140. The minimum Gasteiger partial charge on any atom is -0.372 e. The van der Waals surface area contributed by atoms with Gasteiger partial charge in [-0.3, -0.25) is 10.1 Å². The minimum absolute atomic E-state index is 0.140. The van der Waals surface area contributed by atoms with Crippen molar-refractivity contribution in [3.63, 3.8) is 0 Å². The molecule has 0 radical (unpaired) electrons. The Kier molecular flexibility index (Phi) is 3.91. The molecule has 0 saturated heterocycles. The molecule has 0 aromatic heterocycles. The van der Waals surface area contributed by atoms with Gasteiger partial charge in [0.25, 0.3) is 0 Å². The van der Waals surface area contributed by atoms with Crippen LogP contribution in [0.4, 0.5) is 5.69 Å². The fourth-order valence-corrected chi connectivity index (χ4v) is 1.80. The standard InChI is InChI=1S/C14H14N2O2/c17-16(18)11-14(12-7-3-1-4-8-12)15-13-9-5-2-6-10-13/h1-10,14-15H,11H2/t14-/m0/s1. The van der Waals surface area contributed by atoms with E-state index in [9.17, 15) is 10.1 Å². The monoisotopic (exact) mass is 242 g/mol. The second-order valence-electron chi connectivity index (χ2n) is 3.99. The Morgan fingerprint density at radius 1 is 1.00 bits per heavy atom. The van der Waals surface area contributed by atoms with Crippen LogP contribution in [0.3, 0.4) is 0 Å². The molecule has 0 amide bonds. The Balaban J connectivity index is 2.18. The third-order valence-electron chi connectivity index (χ3n) is 2.65. The fourth-order valence-electron chi connectivity index (χ4n) is 1.80. The van der Waals surface area contributed by atoms with Gasteiger partial charge in [-0.05, 0) is 17.7 Å². The molecule has 2 aromatic carbocycles. The molecule has 0 aliphatic carbocycles. The van der Waals surface area contributed by atoms with Crippen LogP contribution in [0.15, 0.2) is 60.7 Å². The maximum Gasteiger partial charge on any atom is 0.227 e. The highest BCUT2D eigenvalue weighted by Gasteiger charge is 2.16. The summed E-state index contributed by atoms with van der Waals surface area (Å²) in [6, 6.07) is 18.6. The van der Waals surface area contributed by atoms with Crippen LogP contribution in [0.25, 0.3) is 0 Å². The van der Waals surface area contributed by atoms with Crippen LogP contribution < -0.4 is 5.32 Å². The molecule has 0 aliphatic heterocycles. The average molecular weight is 242 g/mol. The van der Waals surface area contributed by atoms with Gasteiger partial charge in [-0.2, -0.15) is 0 Å². The zero-order valence-electron chi connectivity index (χ0n) is 9.82. The molecule has 2 rings (SSSR count). The lowest BCUT2D eigenvalue weighted by atomic mass is 10.1. The van der Waals surface area contributed by atoms with Crippen LogP contribution in [0.2, 0.25) is 0 Å². The molecule has 0 fully saturated rings. The summed E-state index contributed by atoms with van der Waals surface area (Å²) in [4.78, 5) is 10.4. The molecule has 0 unspecified atom stereocenters. The number of hydrogen-bond donors (Lipinski definition) is 1. The first-order valence-corrected chi connectivity index (χ1v) is 5.74. The van der Waals surface area contributed by atoms with Crippen molar-refractivity contribution in [1.82, 2.24) is 0 Å². The molecule has 0 saturated carbocycles. The number of nitro groups is 1. The van der Waals surface area contributed by atoms with Crippen molar-refractivity contribution in [2.24, 2.45) is 0 Å². The van der Waals surface area contributed by atoms with Crippen molar-refractivity contribution < 1.29 is 4.92 Å². The topological polar surface area (TPSA) is 55.2 Å². The Labute approximate surface area is 105 Å². The van der Waals surface area contributed by atoms with Gasteiger partial charge >= 0.3 is 0 Å². The van der Waals surface area contributed by atoms with Crippen molar-refractivity contribution in [3.05, 3.63) is 76.3 Å². The quantitative estimate of drug-likeness (QED) is 0.647. The Morgan fingerprint density at radius 3 is 2.11 bits per heavy atom. The van der Waals surface area contributed by atoms with Gasteiger partial charge in [0.2, 0.25) is 6.54 Å². The van der Waals surface area contributed by atoms with Crippen LogP contribution in [-0.4, -0.2) is 11.5 Å². The normalized spacial score (nSPS) is 11.8. The molecule has 1 N–H and O–H groups in total. The van der Waals surface area contributed by atoms with Gasteiger partial charge in [-0.15, -0.1) is 0 Å². The van der Waals surface area contributed by atoms with E-state index in [4.69, 9.17) is 0 Å². The molecule has 1 atom stereocenters. The highest BCUT2D eigenvalue weighted by atomic mass is 16.6. The largest absolute Gasteiger partial charge is 0.372 e. The molecule has 4 heteroatoms. The van der Waals surface area contributed by atoms with E-state index in [1.807, 2.05) is 60.7 Å². The number of rotatable bonds is 5. The minimum atomic E-state index is -0.316. The summed E-state index contributed by atoms with van der Waals surface area (Å²) < 4.78 is 0. The second kappa shape index (κ2) is 5.82. The summed E-state index contributed by atoms with van der Waals surface area (Å²) in [5.41, 5.74) is 1.80. The molecule has 2 aromatic rings. The number of hydrogen-bond acceptors (Lipinski definition) is 3. The van der Waals surface area contributed by atoms with E-state index >= 15 is 0 Å². The lowest BCUT2D eigenvalue weighted by Crippen LogP contribution is -2.20. The van der Waals surface area contributed by atoms with Gasteiger partial charge < -0.3 is 5.32 Å². The van der Waals surface area contributed by atoms with Crippen molar-refractivity contribution in [2.75, 3.05) is 11.9 Å². The Bertz CT molecular complexity index is 500. The second-order valence-corrected chi connectivity index (χ2v) is 3.99. The zero-order chi connectivity index (χ0) is 12.8. The van der Waals surface area contributed by atoms with Crippen LogP contribution >= 0.6 is 0 Å². The maximum atomic E-state index is 10.7. The van der Waals surface area contributed by atoms with Crippen LogP contribution in [0.1, 0.15) is 11.6 Å². The van der Waals surface area contributed by atoms with E-state index in [0.29, 0.717) is 0 Å². The third kappa shape index (κ3) is 3.31. The van der Waals surface area contributed by atoms with Gasteiger partial charge in [0.05, 0.1) is 0 Å². The van der Waals surface area contributed by atoms with Crippen molar-refractivity contribution in [2.45, 2.75) is 6.04 Å². The molecule has 0 bridgehead atoms. The summed E-state index contributed by atoms with van der Waals surface area (Å²) in [7, 11) is 0. The molecular weight excluding hydrogens is 228 g/mol. The lowest BCUT2D eigenvalue weighted by molar-refractivity contribution is -0.482. The lowest BCUT2D eigenvalue weighted by Gasteiger charge is -2.16. The number of anilines is 1. The zero-order valence-corrected chi connectivity index (χ0v) is 9.82. The van der Waals surface area contributed by atoms with Crippen LogP contribution in [0, 0.1) is 10.1 Å². The van der Waals surface area contributed by atoms with Gasteiger partial charge in [0.15, 0.2) is 0 Å². The molecule has 18 heavy (non-hydrogen) atoms. The Morgan fingerprint density at radius 2 is 1.56 bits per heavy atom. The van der Waals surface area contributed by atoms with Crippen LogP contribution in [-0.2, 0) is 0 Å². The first-order chi connectivity index (χ1) is 8.75. The predicted molar refractivity (Wildman–Crippen MR) is 71.1 cm³/mol. The van der Waals surface area contributed by atoms with Crippen molar-refractivity contribution in [3.8, 4) is 0 Å². The van der Waals surface area contributed by atoms with E-state index in [2.05, 4.69) is 5.32 Å². The SMILES string of the molecule is O=[N+]([O-])C[C@H](Nc1ccccc1)c1ccccc1.